The molecule has 0 amide bonds. The van der Waals surface area contributed by atoms with Crippen LogP contribution in [-0.4, -0.2) is 128 Å². The van der Waals surface area contributed by atoms with Gasteiger partial charge in [-0.15, -0.1) is 0 Å². The molecular weight excluding hydrogens is 620 g/mol. The summed E-state index contributed by atoms with van der Waals surface area (Å²) < 4.78 is 38.3. The molecule has 10 unspecified atom stereocenters. The van der Waals surface area contributed by atoms with Crippen LogP contribution in [0.2, 0.25) is 0 Å². The van der Waals surface area contributed by atoms with Gasteiger partial charge in [-0.3, -0.25) is 4.79 Å². The number of methoxy groups -OCH3 is 2. The highest BCUT2D eigenvalue weighted by Gasteiger charge is 2.48. The molecule has 2 aromatic carbocycles. The number of hydrogen-bond donors (Lipinski definition) is 9. The minimum absolute atomic E-state index is 0.0320. The van der Waals surface area contributed by atoms with E-state index in [2.05, 4.69) is 0 Å². The molecule has 0 radical (unpaired) electrons. The van der Waals surface area contributed by atoms with Crippen LogP contribution >= 0.6 is 0 Å². The normalized spacial score (nSPS) is 31.5. The Morgan fingerprint density at radius 2 is 1.43 bits per heavy atom. The predicted octanol–water partition coefficient (Wildman–Crippen LogP) is -1.38. The van der Waals surface area contributed by atoms with Gasteiger partial charge in [-0.2, -0.15) is 0 Å². The summed E-state index contributed by atoms with van der Waals surface area (Å²) >= 11 is 0. The SMILES string of the molecule is COc1cc(-c2oc3cc(O)c(OC)c(O)c3c(=O)c2OC2OC(COC3OC(C)C(O)C(O)C3O)C(O)C(O)C2O)ccc1O. The third-order valence-corrected chi connectivity index (χ3v) is 7.83. The smallest absolute Gasteiger partial charge is 0.239 e. The predicted molar refractivity (Wildman–Crippen MR) is 152 cm³/mol. The van der Waals surface area contributed by atoms with E-state index < -0.39 is 102 Å². The van der Waals surface area contributed by atoms with Crippen LogP contribution in [0.1, 0.15) is 6.92 Å². The second-order valence-corrected chi connectivity index (χ2v) is 10.8. The summed E-state index contributed by atoms with van der Waals surface area (Å²) in [5, 5.41) is 93.0. The van der Waals surface area contributed by atoms with Gasteiger partial charge in [0.1, 0.15) is 53.7 Å². The first-order valence-corrected chi connectivity index (χ1v) is 13.9. The fourth-order valence-electron chi connectivity index (χ4n) is 5.21. The zero-order valence-corrected chi connectivity index (χ0v) is 24.6. The number of aromatic hydroxyl groups is 3. The molecule has 3 heterocycles. The third kappa shape index (κ3) is 5.88. The zero-order valence-electron chi connectivity index (χ0n) is 24.6. The van der Waals surface area contributed by atoms with Crippen molar-refractivity contribution in [2.45, 2.75) is 68.3 Å². The van der Waals surface area contributed by atoms with Crippen molar-refractivity contribution < 1.29 is 78.8 Å². The molecule has 3 aromatic rings. The van der Waals surface area contributed by atoms with Crippen LogP contribution in [0.5, 0.6) is 34.5 Å². The lowest BCUT2D eigenvalue weighted by atomic mass is 9.98. The molecule has 5 rings (SSSR count). The standard InChI is InChI=1S/C29H34O17/c1-9-17(32)21(36)23(38)28(43-9)42-8-15-18(33)22(37)24(39)29(45-15)46-27-20(35)16-14(7-12(31)26(41-3)19(16)34)44-25(27)10-4-5-11(30)13(6-10)40-2/h4-7,9,15,17-18,21-24,28-34,36-39H,8H2,1-3H3. The Hall–Kier alpha value is -3.91. The Labute approximate surface area is 259 Å². The van der Waals surface area contributed by atoms with Crippen molar-refractivity contribution in [3.05, 3.63) is 34.5 Å². The van der Waals surface area contributed by atoms with Crippen LogP contribution < -0.4 is 19.6 Å². The van der Waals surface area contributed by atoms with E-state index in [9.17, 15) is 50.8 Å². The van der Waals surface area contributed by atoms with Gasteiger partial charge in [-0.05, 0) is 25.1 Å². The number of aliphatic hydroxyl groups is 6. The first kappa shape index (κ1) is 33.5. The molecule has 0 spiro atoms. The van der Waals surface area contributed by atoms with Crippen LogP contribution in [0.4, 0.5) is 0 Å². The molecule has 46 heavy (non-hydrogen) atoms. The van der Waals surface area contributed by atoms with E-state index in [0.717, 1.165) is 13.2 Å². The molecule has 17 heteroatoms. The fourth-order valence-corrected chi connectivity index (χ4v) is 5.21. The Balaban J connectivity index is 1.53. The van der Waals surface area contributed by atoms with E-state index >= 15 is 0 Å². The summed E-state index contributed by atoms with van der Waals surface area (Å²) in [6.45, 7) is 0.824. The number of phenolic OH excluding ortho intramolecular Hbond substituents is 3. The minimum Gasteiger partial charge on any atom is -0.504 e. The Kier molecular flexibility index (Phi) is 9.50. The van der Waals surface area contributed by atoms with E-state index in [1.54, 1.807) is 0 Å². The topological polar surface area (TPSA) is 268 Å². The summed E-state index contributed by atoms with van der Waals surface area (Å²) in [6, 6.07) is 4.85. The molecule has 10 atom stereocenters. The third-order valence-electron chi connectivity index (χ3n) is 7.83. The van der Waals surface area contributed by atoms with E-state index in [-0.39, 0.29) is 28.4 Å². The van der Waals surface area contributed by atoms with Gasteiger partial charge in [0.05, 0.1) is 26.9 Å². The molecule has 252 valence electrons. The maximum absolute atomic E-state index is 13.9. The van der Waals surface area contributed by atoms with Crippen molar-refractivity contribution in [3.8, 4) is 45.8 Å². The van der Waals surface area contributed by atoms with E-state index in [1.807, 2.05) is 0 Å². The monoisotopic (exact) mass is 654 g/mol. The molecule has 2 aliphatic rings. The summed E-state index contributed by atoms with van der Waals surface area (Å²) in [4.78, 5) is 13.9. The lowest BCUT2D eigenvalue weighted by Crippen LogP contribution is -2.61. The average molecular weight is 655 g/mol. The van der Waals surface area contributed by atoms with Crippen LogP contribution in [0.3, 0.4) is 0 Å². The summed E-state index contributed by atoms with van der Waals surface area (Å²) in [6.07, 6.45) is -16.2. The highest BCUT2D eigenvalue weighted by atomic mass is 16.7. The van der Waals surface area contributed by atoms with E-state index in [0.29, 0.717) is 0 Å². The van der Waals surface area contributed by atoms with Crippen molar-refractivity contribution in [3.63, 3.8) is 0 Å². The van der Waals surface area contributed by atoms with E-state index in [1.165, 1.54) is 32.2 Å². The van der Waals surface area contributed by atoms with Gasteiger partial charge in [-0.1, -0.05) is 0 Å². The van der Waals surface area contributed by atoms with Crippen molar-refractivity contribution in [2.24, 2.45) is 0 Å². The molecule has 2 aliphatic heterocycles. The number of rotatable bonds is 8. The van der Waals surface area contributed by atoms with E-state index in [4.69, 9.17) is 32.8 Å². The molecule has 0 saturated carbocycles. The largest absolute Gasteiger partial charge is 0.504 e. The summed E-state index contributed by atoms with van der Waals surface area (Å²) in [5.41, 5.74) is -1.26. The van der Waals surface area contributed by atoms with Gasteiger partial charge in [0.15, 0.2) is 35.0 Å². The van der Waals surface area contributed by atoms with Gasteiger partial charge in [-0.25, -0.2) is 0 Å². The number of hydrogen-bond acceptors (Lipinski definition) is 17. The Morgan fingerprint density at radius 3 is 2.11 bits per heavy atom. The zero-order chi connectivity index (χ0) is 33.6. The molecule has 2 fully saturated rings. The van der Waals surface area contributed by atoms with Crippen LogP contribution in [0.25, 0.3) is 22.3 Å². The second kappa shape index (κ2) is 13.1. The number of ether oxygens (including phenoxy) is 6. The number of phenols is 3. The second-order valence-electron chi connectivity index (χ2n) is 10.8. The highest BCUT2D eigenvalue weighted by molar-refractivity contribution is 5.91. The number of fused-ring (bicyclic) bond motifs is 1. The Bertz CT molecular complexity index is 1620. The summed E-state index contributed by atoms with van der Waals surface area (Å²) in [5.74, 6) is -3.12. The average Bonchev–Trinajstić information content (AvgIpc) is 3.03. The van der Waals surface area contributed by atoms with Gasteiger partial charge < -0.3 is 78.8 Å². The first-order chi connectivity index (χ1) is 21.8. The van der Waals surface area contributed by atoms with Crippen molar-refractivity contribution in [1.29, 1.82) is 0 Å². The maximum atomic E-state index is 13.9. The molecule has 2 saturated heterocycles. The van der Waals surface area contributed by atoms with Crippen molar-refractivity contribution in [1.82, 2.24) is 0 Å². The highest BCUT2D eigenvalue weighted by Crippen LogP contribution is 2.44. The Morgan fingerprint density at radius 1 is 0.761 bits per heavy atom. The fraction of sp³-hybridized carbons (Fsp3) is 0.483. The molecular formula is C29H34O17. The van der Waals surface area contributed by atoms with Crippen molar-refractivity contribution in [2.75, 3.05) is 20.8 Å². The number of benzene rings is 2. The lowest BCUT2D eigenvalue weighted by molar-refractivity contribution is -0.318. The van der Waals surface area contributed by atoms with Gasteiger partial charge in [0, 0.05) is 11.6 Å². The maximum Gasteiger partial charge on any atom is 0.239 e. The quantitative estimate of drug-likeness (QED) is 0.135. The number of aliphatic hydroxyl groups excluding tert-OH is 6. The van der Waals surface area contributed by atoms with Gasteiger partial charge >= 0.3 is 0 Å². The van der Waals surface area contributed by atoms with Crippen LogP contribution in [0.15, 0.2) is 33.5 Å². The molecule has 17 nitrogen and oxygen atoms in total. The lowest BCUT2D eigenvalue weighted by Gasteiger charge is -2.42. The van der Waals surface area contributed by atoms with Gasteiger partial charge in [0.2, 0.25) is 23.2 Å². The molecule has 0 aliphatic carbocycles. The van der Waals surface area contributed by atoms with Crippen LogP contribution in [-0.2, 0) is 14.2 Å². The summed E-state index contributed by atoms with van der Waals surface area (Å²) in [7, 11) is 2.41. The molecule has 0 bridgehead atoms. The molecule has 1 aromatic heterocycles. The van der Waals surface area contributed by atoms with Gasteiger partial charge in [0.25, 0.3) is 0 Å². The van der Waals surface area contributed by atoms with Crippen LogP contribution in [0, 0.1) is 0 Å². The first-order valence-electron chi connectivity index (χ1n) is 13.9. The minimum atomic E-state index is -1.97. The van der Waals surface area contributed by atoms with Crippen molar-refractivity contribution >= 4 is 11.0 Å². The molecule has 9 N–H and O–H groups in total.